The Morgan fingerprint density at radius 2 is 1.72 bits per heavy atom. The Kier molecular flexibility index (Phi) is 7.01. The first-order chi connectivity index (χ1) is 8.76. The van der Waals surface area contributed by atoms with Crippen LogP contribution < -0.4 is 5.32 Å². The Morgan fingerprint density at radius 1 is 1.11 bits per heavy atom. The molecule has 1 aromatic carbocycles. The number of aliphatic hydroxyl groups excluding tert-OH is 2. The average molecular weight is 252 g/mol. The first kappa shape index (κ1) is 14.6. The number of nitrogens with zero attached hydrogens (tertiary/aromatic N) is 1. The molecule has 0 saturated heterocycles. The molecule has 1 rings (SSSR count). The lowest BCUT2D eigenvalue weighted by molar-refractivity contribution is -0.122. The van der Waals surface area contributed by atoms with Crippen LogP contribution in [0.1, 0.15) is 5.56 Å². The van der Waals surface area contributed by atoms with Crippen molar-refractivity contribution in [3.05, 3.63) is 35.9 Å². The van der Waals surface area contributed by atoms with Gasteiger partial charge in [0.05, 0.1) is 19.8 Å². The molecule has 0 atom stereocenters. The number of amides is 1. The Bertz CT molecular complexity index is 337. The van der Waals surface area contributed by atoms with Crippen molar-refractivity contribution in [3.63, 3.8) is 0 Å². The lowest BCUT2D eigenvalue weighted by Crippen LogP contribution is -2.39. The third-order valence-electron chi connectivity index (χ3n) is 2.53. The fourth-order valence-corrected chi connectivity index (χ4v) is 1.61. The number of hydrogen-bond acceptors (Lipinski definition) is 4. The third kappa shape index (κ3) is 5.77. The van der Waals surface area contributed by atoms with Gasteiger partial charge >= 0.3 is 0 Å². The first-order valence-corrected chi connectivity index (χ1v) is 6.01. The molecule has 1 amide bonds. The second-order valence-electron chi connectivity index (χ2n) is 3.99. The molecule has 0 heterocycles. The van der Waals surface area contributed by atoms with E-state index in [1.807, 2.05) is 30.3 Å². The summed E-state index contributed by atoms with van der Waals surface area (Å²) in [5.41, 5.74) is 1.04. The van der Waals surface area contributed by atoms with Crippen LogP contribution in [0.2, 0.25) is 0 Å². The van der Waals surface area contributed by atoms with Gasteiger partial charge in [-0.15, -0.1) is 0 Å². The van der Waals surface area contributed by atoms with Crippen LogP contribution in [0.5, 0.6) is 0 Å². The summed E-state index contributed by atoms with van der Waals surface area (Å²) in [7, 11) is 0. The Balaban J connectivity index is 2.31. The van der Waals surface area contributed by atoms with Crippen LogP contribution in [0.4, 0.5) is 0 Å². The molecule has 5 heteroatoms. The summed E-state index contributed by atoms with van der Waals surface area (Å²) in [4.78, 5) is 13.4. The van der Waals surface area contributed by atoms with E-state index < -0.39 is 0 Å². The Labute approximate surface area is 107 Å². The standard InChI is InChI=1S/C13H20N2O3/c16-8-6-15(7-9-17)11-13(18)14-10-12-4-2-1-3-5-12/h1-5,16-17H,6-11H2,(H,14,18). The average Bonchev–Trinajstić information content (AvgIpc) is 2.38. The zero-order valence-electron chi connectivity index (χ0n) is 10.4. The topological polar surface area (TPSA) is 72.8 Å². The van der Waals surface area contributed by atoms with E-state index in [1.54, 1.807) is 4.90 Å². The third-order valence-corrected chi connectivity index (χ3v) is 2.53. The molecule has 0 spiro atoms. The molecular formula is C13H20N2O3. The molecule has 100 valence electrons. The van der Waals surface area contributed by atoms with Crippen molar-refractivity contribution in [1.29, 1.82) is 0 Å². The Morgan fingerprint density at radius 3 is 2.28 bits per heavy atom. The molecule has 0 aliphatic carbocycles. The lowest BCUT2D eigenvalue weighted by atomic mass is 10.2. The summed E-state index contributed by atoms with van der Waals surface area (Å²) < 4.78 is 0. The minimum Gasteiger partial charge on any atom is -0.395 e. The highest BCUT2D eigenvalue weighted by molar-refractivity contribution is 5.78. The molecule has 3 N–H and O–H groups in total. The molecule has 0 aliphatic rings. The van der Waals surface area contributed by atoms with Gasteiger partial charge in [0.1, 0.15) is 0 Å². The van der Waals surface area contributed by atoms with Gasteiger partial charge in [-0.1, -0.05) is 30.3 Å². The van der Waals surface area contributed by atoms with Gasteiger partial charge in [-0.2, -0.15) is 0 Å². The number of nitrogens with one attached hydrogen (secondary N) is 1. The van der Waals surface area contributed by atoms with Gasteiger partial charge in [0.2, 0.25) is 5.91 Å². The summed E-state index contributed by atoms with van der Waals surface area (Å²) in [6, 6.07) is 9.66. The van der Waals surface area contributed by atoms with Crippen LogP contribution in [-0.4, -0.2) is 53.9 Å². The molecule has 18 heavy (non-hydrogen) atoms. The van der Waals surface area contributed by atoms with Crippen LogP contribution in [0.3, 0.4) is 0 Å². The van der Waals surface area contributed by atoms with Gasteiger partial charge < -0.3 is 15.5 Å². The molecule has 0 fully saturated rings. The largest absolute Gasteiger partial charge is 0.395 e. The van der Waals surface area contributed by atoms with Crippen LogP contribution in [0.25, 0.3) is 0 Å². The van der Waals surface area contributed by atoms with Crippen LogP contribution in [-0.2, 0) is 11.3 Å². The summed E-state index contributed by atoms with van der Waals surface area (Å²) in [6.07, 6.45) is 0. The van der Waals surface area contributed by atoms with Gasteiger partial charge in [-0.05, 0) is 5.56 Å². The van der Waals surface area contributed by atoms with Gasteiger partial charge in [0.25, 0.3) is 0 Å². The van der Waals surface area contributed by atoms with Crippen LogP contribution >= 0.6 is 0 Å². The van der Waals surface area contributed by atoms with Gasteiger partial charge in [-0.25, -0.2) is 0 Å². The number of rotatable bonds is 8. The monoisotopic (exact) mass is 252 g/mol. The van der Waals surface area contributed by atoms with Gasteiger partial charge in [0.15, 0.2) is 0 Å². The van der Waals surface area contributed by atoms with Crippen molar-refractivity contribution in [2.45, 2.75) is 6.54 Å². The van der Waals surface area contributed by atoms with E-state index >= 15 is 0 Å². The van der Waals surface area contributed by atoms with E-state index in [-0.39, 0.29) is 25.7 Å². The van der Waals surface area contributed by atoms with Crippen molar-refractivity contribution >= 4 is 5.91 Å². The predicted octanol–water partition coefficient (Wildman–Crippen LogP) is -0.411. The molecule has 0 radical (unpaired) electrons. The van der Waals surface area contributed by atoms with Crippen molar-refractivity contribution in [2.75, 3.05) is 32.8 Å². The fraction of sp³-hybridized carbons (Fsp3) is 0.462. The second-order valence-corrected chi connectivity index (χ2v) is 3.99. The SMILES string of the molecule is O=C(CN(CCO)CCO)NCc1ccccc1. The maximum Gasteiger partial charge on any atom is 0.234 e. The minimum atomic E-state index is -0.110. The Hall–Kier alpha value is -1.43. The van der Waals surface area contributed by atoms with Gasteiger partial charge in [-0.3, -0.25) is 9.69 Å². The molecule has 0 saturated carbocycles. The smallest absolute Gasteiger partial charge is 0.234 e. The summed E-state index contributed by atoms with van der Waals surface area (Å²) >= 11 is 0. The molecule has 0 aromatic heterocycles. The molecule has 0 aliphatic heterocycles. The van der Waals surface area contributed by atoms with E-state index in [4.69, 9.17) is 10.2 Å². The molecule has 0 unspecified atom stereocenters. The van der Waals surface area contributed by atoms with E-state index in [0.29, 0.717) is 19.6 Å². The van der Waals surface area contributed by atoms with Crippen LogP contribution in [0.15, 0.2) is 30.3 Å². The summed E-state index contributed by atoms with van der Waals surface area (Å²) in [5.74, 6) is -0.110. The van der Waals surface area contributed by atoms with Crippen molar-refractivity contribution in [2.24, 2.45) is 0 Å². The van der Waals surface area contributed by atoms with Crippen LogP contribution in [0, 0.1) is 0 Å². The highest BCUT2D eigenvalue weighted by Crippen LogP contribution is 1.97. The molecule has 1 aromatic rings. The van der Waals surface area contributed by atoms with Crippen molar-refractivity contribution in [3.8, 4) is 0 Å². The number of aliphatic hydroxyl groups is 2. The normalized spacial score (nSPS) is 10.6. The first-order valence-electron chi connectivity index (χ1n) is 6.01. The maximum atomic E-state index is 11.7. The fourth-order valence-electron chi connectivity index (χ4n) is 1.61. The lowest BCUT2D eigenvalue weighted by Gasteiger charge is -2.19. The second kappa shape index (κ2) is 8.63. The molecular weight excluding hydrogens is 232 g/mol. The quantitative estimate of drug-likeness (QED) is 0.588. The molecule has 5 nitrogen and oxygen atoms in total. The van der Waals surface area contributed by atoms with E-state index in [2.05, 4.69) is 5.32 Å². The zero-order valence-corrected chi connectivity index (χ0v) is 10.4. The zero-order chi connectivity index (χ0) is 13.2. The number of hydrogen-bond donors (Lipinski definition) is 3. The predicted molar refractivity (Wildman–Crippen MR) is 68.9 cm³/mol. The van der Waals surface area contributed by atoms with E-state index in [1.165, 1.54) is 0 Å². The minimum absolute atomic E-state index is 0.0219. The van der Waals surface area contributed by atoms with Crippen molar-refractivity contribution < 1.29 is 15.0 Å². The maximum absolute atomic E-state index is 11.7. The number of benzene rings is 1. The van der Waals surface area contributed by atoms with Gasteiger partial charge in [0, 0.05) is 19.6 Å². The number of carbonyl (C=O) groups is 1. The van der Waals surface area contributed by atoms with E-state index in [0.717, 1.165) is 5.56 Å². The highest BCUT2D eigenvalue weighted by Gasteiger charge is 2.09. The van der Waals surface area contributed by atoms with Crippen molar-refractivity contribution in [1.82, 2.24) is 10.2 Å². The highest BCUT2D eigenvalue weighted by atomic mass is 16.3. The summed E-state index contributed by atoms with van der Waals surface area (Å²) in [6.45, 7) is 1.41. The molecule has 0 bridgehead atoms. The van der Waals surface area contributed by atoms with E-state index in [9.17, 15) is 4.79 Å². The number of carbonyl (C=O) groups excluding carboxylic acids is 1. The summed E-state index contributed by atoms with van der Waals surface area (Å²) in [5, 5.41) is 20.5.